The summed E-state index contributed by atoms with van der Waals surface area (Å²) in [6.45, 7) is 0. The van der Waals surface area contributed by atoms with Gasteiger partial charge in [-0.1, -0.05) is 58.4 Å². The number of aromatic nitrogens is 2. The van der Waals surface area contributed by atoms with Crippen molar-refractivity contribution >= 4 is 33.0 Å². The van der Waals surface area contributed by atoms with Crippen LogP contribution in [-0.2, 0) is 6.18 Å². The van der Waals surface area contributed by atoms with Gasteiger partial charge >= 0.3 is 6.18 Å². The van der Waals surface area contributed by atoms with Gasteiger partial charge in [0.1, 0.15) is 0 Å². The first-order chi connectivity index (χ1) is 14.3. The SMILES string of the molecule is O=c1c2ccccc2nc(-c2cccc(C(F)(F)F)c2)n1N=Cc1ccccc1Br. The van der Waals surface area contributed by atoms with Crippen molar-refractivity contribution in [2.45, 2.75) is 6.18 Å². The third kappa shape index (κ3) is 3.91. The highest BCUT2D eigenvalue weighted by Crippen LogP contribution is 2.31. The maximum absolute atomic E-state index is 13.2. The number of halogens is 4. The average Bonchev–Trinajstić information content (AvgIpc) is 2.73. The van der Waals surface area contributed by atoms with Crippen molar-refractivity contribution in [1.29, 1.82) is 0 Å². The molecule has 0 aliphatic carbocycles. The van der Waals surface area contributed by atoms with Crippen LogP contribution < -0.4 is 5.56 Å². The van der Waals surface area contributed by atoms with Crippen LogP contribution in [0.15, 0.2) is 87.2 Å². The summed E-state index contributed by atoms with van der Waals surface area (Å²) in [4.78, 5) is 17.5. The minimum atomic E-state index is -4.52. The molecule has 0 atom stereocenters. The van der Waals surface area contributed by atoms with E-state index in [0.717, 1.165) is 21.3 Å². The molecule has 0 saturated carbocycles. The molecule has 0 aliphatic rings. The van der Waals surface area contributed by atoms with E-state index in [0.29, 0.717) is 16.5 Å². The smallest absolute Gasteiger partial charge is 0.267 e. The molecule has 0 amide bonds. The van der Waals surface area contributed by atoms with E-state index in [1.165, 1.54) is 18.3 Å². The van der Waals surface area contributed by atoms with E-state index in [1.807, 2.05) is 12.1 Å². The van der Waals surface area contributed by atoms with Crippen molar-refractivity contribution in [2.75, 3.05) is 0 Å². The molecule has 4 rings (SSSR count). The van der Waals surface area contributed by atoms with Gasteiger partial charge in [0, 0.05) is 15.6 Å². The molecular weight excluding hydrogens is 459 g/mol. The molecule has 1 aromatic heterocycles. The van der Waals surface area contributed by atoms with Gasteiger partial charge in [-0.15, -0.1) is 0 Å². The van der Waals surface area contributed by atoms with Crippen molar-refractivity contribution in [3.05, 3.63) is 98.7 Å². The molecule has 0 saturated heterocycles. The first-order valence-corrected chi connectivity index (χ1v) is 9.62. The Morgan fingerprint density at radius 3 is 2.47 bits per heavy atom. The standard InChI is InChI=1S/C22H13BrF3N3O/c23-18-10-3-1-6-15(18)13-27-29-20(14-7-5-8-16(12-14)22(24,25)26)28-19-11-4-2-9-17(19)21(29)30/h1-13H. The van der Waals surface area contributed by atoms with Crippen LogP contribution in [0.5, 0.6) is 0 Å². The fourth-order valence-electron chi connectivity index (χ4n) is 2.95. The van der Waals surface area contributed by atoms with E-state index < -0.39 is 17.3 Å². The predicted octanol–water partition coefficient (Wildman–Crippen LogP) is 5.73. The Morgan fingerprint density at radius 2 is 1.70 bits per heavy atom. The lowest BCUT2D eigenvalue weighted by atomic mass is 10.1. The van der Waals surface area contributed by atoms with Crippen molar-refractivity contribution in [1.82, 2.24) is 9.66 Å². The molecule has 0 bridgehead atoms. The van der Waals surface area contributed by atoms with Gasteiger partial charge in [-0.25, -0.2) is 4.98 Å². The van der Waals surface area contributed by atoms with E-state index in [9.17, 15) is 18.0 Å². The lowest BCUT2D eigenvalue weighted by Gasteiger charge is -2.12. The first kappa shape index (κ1) is 20.0. The lowest BCUT2D eigenvalue weighted by Crippen LogP contribution is -2.20. The molecule has 0 spiro atoms. The van der Waals surface area contributed by atoms with Gasteiger partial charge in [0.15, 0.2) is 5.82 Å². The summed E-state index contributed by atoms with van der Waals surface area (Å²) in [5.74, 6) is 0.0214. The number of para-hydroxylation sites is 1. The van der Waals surface area contributed by atoms with E-state index in [4.69, 9.17) is 0 Å². The average molecular weight is 472 g/mol. The van der Waals surface area contributed by atoms with Gasteiger partial charge < -0.3 is 0 Å². The summed E-state index contributed by atoms with van der Waals surface area (Å²) in [7, 11) is 0. The zero-order valence-electron chi connectivity index (χ0n) is 15.3. The van der Waals surface area contributed by atoms with E-state index in [1.54, 1.807) is 36.4 Å². The van der Waals surface area contributed by atoms with Crippen LogP contribution in [0.25, 0.3) is 22.3 Å². The Labute approximate surface area is 177 Å². The van der Waals surface area contributed by atoms with Crippen molar-refractivity contribution in [3.63, 3.8) is 0 Å². The zero-order valence-corrected chi connectivity index (χ0v) is 16.9. The second-order valence-electron chi connectivity index (χ2n) is 6.41. The number of hydrogen-bond acceptors (Lipinski definition) is 3. The largest absolute Gasteiger partial charge is 0.416 e. The van der Waals surface area contributed by atoms with Gasteiger partial charge in [-0.2, -0.15) is 22.9 Å². The van der Waals surface area contributed by atoms with Crippen LogP contribution in [0.4, 0.5) is 13.2 Å². The van der Waals surface area contributed by atoms with Gasteiger partial charge in [0.05, 0.1) is 22.7 Å². The van der Waals surface area contributed by atoms with E-state index in [-0.39, 0.29) is 11.4 Å². The molecular formula is C22H13BrF3N3O. The maximum atomic E-state index is 13.2. The Kier molecular flexibility index (Phi) is 5.26. The number of hydrogen-bond donors (Lipinski definition) is 0. The minimum Gasteiger partial charge on any atom is -0.267 e. The summed E-state index contributed by atoms with van der Waals surface area (Å²) in [6.07, 6.45) is -3.06. The number of benzene rings is 3. The Balaban J connectivity index is 1.96. The highest BCUT2D eigenvalue weighted by molar-refractivity contribution is 9.10. The Bertz CT molecular complexity index is 1330. The fraction of sp³-hybridized carbons (Fsp3) is 0.0455. The van der Waals surface area contributed by atoms with E-state index >= 15 is 0 Å². The number of alkyl halides is 3. The van der Waals surface area contributed by atoms with Crippen molar-refractivity contribution < 1.29 is 13.2 Å². The third-order valence-electron chi connectivity index (χ3n) is 4.42. The molecule has 0 N–H and O–H groups in total. The van der Waals surface area contributed by atoms with Gasteiger partial charge in [0.2, 0.25) is 0 Å². The lowest BCUT2D eigenvalue weighted by molar-refractivity contribution is -0.137. The quantitative estimate of drug-likeness (QED) is 0.358. The molecule has 8 heteroatoms. The first-order valence-electron chi connectivity index (χ1n) is 8.83. The second kappa shape index (κ2) is 7.87. The molecule has 0 aliphatic heterocycles. The zero-order chi connectivity index (χ0) is 21.3. The molecule has 1 heterocycles. The number of rotatable bonds is 3. The van der Waals surface area contributed by atoms with Crippen LogP contribution in [0, 0.1) is 0 Å². The van der Waals surface area contributed by atoms with Crippen molar-refractivity contribution in [3.8, 4) is 11.4 Å². The number of fused-ring (bicyclic) bond motifs is 1. The van der Waals surface area contributed by atoms with Gasteiger partial charge in [-0.3, -0.25) is 4.79 Å². The fourth-order valence-corrected chi connectivity index (χ4v) is 3.34. The monoisotopic (exact) mass is 471 g/mol. The van der Waals surface area contributed by atoms with Crippen LogP contribution in [0.2, 0.25) is 0 Å². The molecule has 0 unspecified atom stereocenters. The maximum Gasteiger partial charge on any atom is 0.416 e. The van der Waals surface area contributed by atoms with Gasteiger partial charge in [-0.05, 0) is 30.3 Å². The Hall–Kier alpha value is -3.26. The third-order valence-corrected chi connectivity index (χ3v) is 5.14. The minimum absolute atomic E-state index is 0.0214. The van der Waals surface area contributed by atoms with E-state index in [2.05, 4.69) is 26.0 Å². The highest BCUT2D eigenvalue weighted by Gasteiger charge is 2.30. The molecule has 0 radical (unpaired) electrons. The Morgan fingerprint density at radius 1 is 0.967 bits per heavy atom. The van der Waals surface area contributed by atoms with Crippen LogP contribution in [-0.4, -0.2) is 15.9 Å². The summed E-state index contributed by atoms with van der Waals surface area (Å²) in [5, 5.41) is 4.58. The van der Waals surface area contributed by atoms with Gasteiger partial charge in [0.25, 0.3) is 5.56 Å². The predicted molar refractivity (Wildman–Crippen MR) is 114 cm³/mol. The summed E-state index contributed by atoms with van der Waals surface area (Å²) < 4.78 is 41.4. The molecule has 3 aromatic carbocycles. The summed E-state index contributed by atoms with van der Waals surface area (Å²) >= 11 is 3.40. The normalized spacial score (nSPS) is 12.0. The molecule has 0 fully saturated rings. The molecule has 4 aromatic rings. The summed E-state index contributed by atoms with van der Waals surface area (Å²) in [5.41, 5.74) is -0.0909. The molecule has 150 valence electrons. The topological polar surface area (TPSA) is 47.2 Å². The summed E-state index contributed by atoms with van der Waals surface area (Å²) in [6, 6.07) is 18.6. The molecule has 4 nitrogen and oxygen atoms in total. The van der Waals surface area contributed by atoms with Crippen LogP contribution in [0.1, 0.15) is 11.1 Å². The van der Waals surface area contributed by atoms with Crippen molar-refractivity contribution in [2.24, 2.45) is 5.10 Å². The highest BCUT2D eigenvalue weighted by atomic mass is 79.9. The van der Waals surface area contributed by atoms with Crippen LogP contribution in [0.3, 0.4) is 0 Å². The molecule has 30 heavy (non-hydrogen) atoms. The second-order valence-corrected chi connectivity index (χ2v) is 7.27. The van der Waals surface area contributed by atoms with Crippen LogP contribution >= 0.6 is 15.9 Å². The number of nitrogens with zero attached hydrogens (tertiary/aromatic N) is 3.